The fraction of sp³-hybridized carbons (Fsp3) is 0.200. The number of aromatic nitrogens is 4. The molecule has 0 fully saturated rings. The van der Waals surface area contributed by atoms with Gasteiger partial charge in [0.15, 0.2) is 0 Å². The number of ketones is 1. The number of rotatable bonds is 3. The number of nitrogens with two attached hydrogens (primary N) is 2. The Morgan fingerprint density at radius 2 is 2.00 bits per heavy atom. The van der Waals surface area contributed by atoms with Crippen molar-refractivity contribution in [2.75, 3.05) is 11.5 Å². The highest BCUT2D eigenvalue weighted by Crippen LogP contribution is 2.28. The van der Waals surface area contributed by atoms with E-state index in [0.29, 0.717) is 22.3 Å². The lowest BCUT2D eigenvalue weighted by Gasteiger charge is -2.07. The van der Waals surface area contributed by atoms with Crippen molar-refractivity contribution in [3.05, 3.63) is 42.1 Å². The molecule has 0 radical (unpaired) electrons. The Morgan fingerprint density at radius 1 is 1.23 bits per heavy atom. The van der Waals surface area contributed by atoms with Crippen LogP contribution >= 0.6 is 0 Å². The Bertz CT molecular complexity index is 868. The molecule has 0 amide bonds. The first kappa shape index (κ1) is 14.0. The molecule has 3 heterocycles. The summed E-state index contributed by atoms with van der Waals surface area (Å²) in [5.41, 5.74) is 13.5. The Balaban J connectivity index is 2.25. The third-order valence-corrected chi connectivity index (χ3v) is 3.46. The van der Waals surface area contributed by atoms with Crippen LogP contribution in [0.3, 0.4) is 0 Å². The maximum absolute atomic E-state index is 12.8. The molecule has 0 unspecified atom stereocenters. The molecule has 112 valence electrons. The van der Waals surface area contributed by atoms with E-state index in [4.69, 9.17) is 11.5 Å². The maximum atomic E-state index is 12.8. The first-order valence-electron chi connectivity index (χ1n) is 6.86. The molecule has 0 bridgehead atoms. The van der Waals surface area contributed by atoms with Gasteiger partial charge in [-0.2, -0.15) is 0 Å². The van der Waals surface area contributed by atoms with E-state index in [-0.39, 0.29) is 23.3 Å². The minimum atomic E-state index is -0.252. The van der Waals surface area contributed by atoms with Crippen molar-refractivity contribution in [2.24, 2.45) is 0 Å². The highest BCUT2D eigenvalue weighted by atomic mass is 16.1. The lowest BCUT2D eigenvalue weighted by atomic mass is 10.1. The zero-order valence-corrected chi connectivity index (χ0v) is 12.3. The SMILES string of the molecule is CC(C)n1cc(C(=O)c2cc(N)ccn2)c2c(N)ncnc21. The summed E-state index contributed by atoms with van der Waals surface area (Å²) in [6.45, 7) is 4.01. The Labute approximate surface area is 127 Å². The highest BCUT2D eigenvalue weighted by Gasteiger charge is 2.22. The van der Waals surface area contributed by atoms with Crippen LogP contribution in [0.2, 0.25) is 0 Å². The average molecular weight is 296 g/mol. The Morgan fingerprint density at radius 3 is 2.68 bits per heavy atom. The Hall–Kier alpha value is -2.96. The van der Waals surface area contributed by atoms with E-state index in [2.05, 4.69) is 15.0 Å². The molecule has 22 heavy (non-hydrogen) atoms. The first-order valence-corrected chi connectivity index (χ1v) is 6.86. The van der Waals surface area contributed by atoms with Gasteiger partial charge in [-0.1, -0.05) is 0 Å². The summed E-state index contributed by atoms with van der Waals surface area (Å²) >= 11 is 0. The van der Waals surface area contributed by atoms with Gasteiger partial charge in [-0.25, -0.2) is 9.97 Å². The van der Waals surface area contributed by atoms with Crippen LogP contribution in [0.25, 0.3) is 11.0 Å². The van der Waals surface area contributed by atoms with Gasteiger partial charge in [0, 0.05) is 24.1 Å². The largest absolute Gasteiger partial charge is 0.399 e. The van der Waals surface area contributed by atoms with Crippen LogP contribution < -0.4 is 11.5 Å². The molecule has 0 aliphatic carbocycles. The predicted octanol–water partition coefficient (Wildman–Crippen LogP) is 1.80. The molecule has 4 N–H and O–H groups in total. The predicted molar refractivity (Wildman–Crippen MR) is 84.4 cm³/mol. The number of carbonyl (C=O) groups excluding carboxylic acids is 1. The van der Waals surface area contributed by atoms with Crippen molar-refractivity contribution in [1.29, 1.82) is 0 Å². The zero-order chi connectivity index (χ0) is 15.9. The summed E-state index contributed by atoms with van der Waals surface area (Å²) in [6.07, 6.45) is 4.64. The molecule has 3 aromatic heterocycles. The van der Waals surface area contributed by atoms with Gasteiger partial charge in [-0.3, -0.25) is 9.78 Å². The smallest absolute Gasteiger partial charge is 0.213 e. The molecule has 0 aliphatic heterocycles. The number of carbonyl (C=O) groups is 1. The fourth-order valence-electron chi connectivity index (χ4n) is 2.38. The first-order chi connectivity index (χ1) is 10.5. The minimum absolute atomic E-state index is 0.132. The summed E-state index contributed by atoms with van der Waals surface area (Å²) in [5, 5.41) is 0.547. The molecule has 3 rings (SSSR count). The van der Waals surface area contributed by atoms with Gasteiger partial charge >= 0.3 is 0 Å². The second-order valence-electron chi connectivity index (χ2n) is 5.30. The molecule has 0 spiro atoms. The average Bonchev–Trinajstić information content (AvgIpc) is 2.87. The van der Waals surface area contributed by atoms with Gasteiger partial charge < -0.3 is 16.0 Å². The van der Waals surface area contributed by atoms with Gasteiger partial charge in [0.05, 0.1) is 10.9 Å². The van der Waals surface area contributed by atoms with Gasteiger partial charge in [-0.15, -0.1) is 0 Å². The summed E-state index contributed by atoms with van der Waals surface area (Å²) in [7, 11) is 0. The lowest BCUT2D eigenvalue weighted by Crippen LogP contribution is -2.05. The maximum Gasteiger partial charge on any atom is 0.213 e. The van der Waals surface area contributed by atoms with Crippen LogP contribution in [-0.4, -0.2) is 25.3 Å². The quantitative estimate of drug-likeness (QED) is 0.713. The van der Waals surface area contributed by atoms with Crippen molar-refractivity contribution >= 4 is 28.3 Å². The van der Waals surface area contributed by atoms with Crippen LogP contribution in [0.15, 0.2) is 30.9 Å². The van der Waals surface area contributed by atoms with Gasteiger partial charge in [-0.05, 0) is 26.0 Å². The third kappa shape index (κ3) is 2.16. The topological polar surface area (TPSA) is 113 Å². The number of nitrogens with zero attached hydrogens (tertiary/aromatic N) is 4. The molecule has 0 aliphatic rings. The fourth-order valence-corrected chi connectivity index (χ4v) is 2.38. The standard InChI is InChI=1S/C15H16N6O/c1-8(2)21-6-10(12-14(17)19-7-20-15(12)21)13(22)11-5-9(16)3-4-18-11/h3-8H,1-2H3,(H2,16,18)(H2,17,19,20). The highest BCUT2D eigenvalue weighted by molar-refractivity contribution is 6.17. The van der Waals surface area contributed by atoms with Crippen LogP contribution in [0.5, 0.6) is 0 Å². The van der Waals surface area contributed by atoms with Gasteiger partial charge in [0.2, 0.25) is 5.78 Å². The monoisotopic (exact) mass is 296 g/mol. The van der Waals surface area contributed by atoms with E-state index < -0.39 is 0 Å². The molecular weight excluding hydrogens is 280 g/mol. The normalized spacial score (nSPS) is 11.2. The number of pyridine rings is 1. The molecule has 0 aromatic carbocycles. The van der Waals surface area contributed by atoms with Crippen molar-refractivity contribution < 1.29 is 4.79 Å². The zero-order valence-electron chi connectivity index (χ0n) is 12.3. The molecule has 7 heteroatoms. The third-order valence-electron chi connectivity index (χ3n) is 3.46. The second kappa shape index (κ2) is 5.10. The summed E-state index contributed by atoms with van der Waals surface area (Å²) in [4.78, 5) is 25.1. The van der Waals surface area contributed by atoms with E-state index in [1.54, 1.807) is 18.3 Å². The number of fused-ring (bicyclic) bond motifs is 1. The van der Waals surface area contributed by atoms with Crippen molar-refractivity contribution in [1.82, 2.24) is 19.5 Å². The van der Waals surface area contributed by atoms with E-state index >= 15 is 0 Å². The molecule has 0 atom stereocenters. The lowest BCUT2D eigenvalue weighted by molar-refractivity contribution is 0.103. The molecule has 0 saturated carbocycles. The van der Waals surface area contributed by atoms with E-state index in [0.717, 1.165) is 0 Å². The number of hydrogen-bond donors (Lipinski definition) is 2. The number of nitrogen functional groups attached to an aromatic ring is 2. The molecule has 3 aromatic rings. The van der Waals surface area contributed by atoms with Crippen LogP contribution in [0.1, 0.15) is 35.9 Å². The van der Waals surface area contributed by atoms with E-state index in [9.17, 15) is 4.79 Å². The van der Waals surface area contributed by atoms with Crippen LogP contribution in [0, 0.1) is 0 Å². The van der Waals surface area contributed by atoms with Gasteiger partial charge in [0.1, 0.15) is 23.5 Å². The number of anilines is 2. The van der Waals surface area contributed by atoms with E-state index in [1.807, 2.05) is 18.4 Å². The van der Waals surface area contributed by atoms with Crippen molar-refractivity contribution in [2.45, 2.75) is 19.9 Å². The van der Waals surface area contributed by atoms with Crippen molar-refractivity contribution in [3.63, 3.8) is 0 Å². The van der Waals surface area contributed by atoms with E-state index in [1.165, 1.54) is 12.5 Å². The number of hydrogen-bond acceptors (Lipinski definition) is 6. The van der Waals surface area contributed by atoms with Gasteiger partial charge in [0.25, 0.3) is 0 Å². The van der Waals surface area contributed by atoms with Crippen LogP contribution in [0.4, 0.5) is 11.5 Å². The summed E-state index contributed by atoms with van der Waals surface area (Å²) in [5.74, 6) is 0.0230. The molecular formula is C15H16N6O. The minimum Gasteiger partial charge on any atom is -0.399 e. The molecule has 0 saturated heterocycles. The van der Waals surface area contributed by atoms with Crippen LogP contribution in [-0.2, 0) is 0 Å². The Kier molecular flexibility index (Phi) is 3.25. The summed E-state index contributed by atoms with van der Waals surface area (Å²) in [6, 6.07) is 3.30. The molecule has 7 nitrogen and oxygen atoms in total. The van der Waals surface area contributed by atoms with Crippen molar-refractivity contribution in [3.8, 4) is 0 Å². The summed E-state index contributed by atoms with van der Waals surface area (Å²) < 4.78 is 1.90. The second-order valence-corrected chi connectivity index (χ2v) is 5.30.